The van der Waals surface area contributed by atoms with Crippen molar-refractivity contribution in [3.8, 4) is 11.5 Å². The van der Waals surface area contributed by atoms with Crippen LogP contribution in [0.3, 0.4) is 0 Å². The van der Waals surface area contributed by atoms with Gasteiger partial charge in [-0.2, -0.15) is 0 Å². The third-order valence-electron chi connectivity index (χ3n) is 9.23. The van der Waals surface area contributed by atoms with Crippen molar-refractivity contribution in [3.05, 3.63) is 184 Å². The summed E-state index contributed by atoms with van der Waals surface area (Å²) in [5.74, 6) is -3.17. The number of esters is 1. The van der Waals surface area contributed by atoms with Crippen molar-refractivity contribution in [2.45, 2.75) is 60.8 Å². The number of rotatable bonds is 10. The number of carbonyl (C=O) groups is 6. The smallest absolute Gasteiger partial charge is 0.870 e. The number of amides is 2. The number of ether oxygens (including phenoxy) is 1. The van der Waals surface area contributed by atoms with Gasteiger partial charge in [-0.05, 0) is 125 Å². The summed E-state index contributed by atoms with van der Waals surface area (Å²) >= 11 is 9.93. The second-order valence-corrected chi connectivity index (χ2v) is 16.8. The Bertz CT molecular complexity index is 3230. The zero-order valence-corrected chi connectivity index (χ0v) is 47.6. The number of carbonyl (C=O) groups excluding carboxylic acids is 5. The number of aryl methyl sites for hydroxylation is 5. The van der Waals surface area contributed by atoms with Crippen LogP contribution >= 0.6 is 23.2 Å². The molecular formula is C52H56Cl2N7NaO18. The Morgan fingerprint density at radius 3 is 1.40 bits per heavy atom. The molecule has 0 aliphatic heterocycles. The Morgan fingerprint density at radius 1 is 0.625 bits per heavy atom. The van der Waals surface area contributed by atoms with E-state index in [2.05, 4.69) is 25.3 Å². The first-order valence-electron chi connectivity index (χ1n) is 22.5. The summed E-state index contributed by atoms with van der Waals surface area (Å²) in [4.78, 5) is 108. The Labute approximate surface area is 487 Å². The Balaban J connectivity index is 0. The van der Waals surface area contributed by atoms with Crippen LogP contribution in [0.25, 0.3) is 21.8 Å². The number of H-pyrrole nitrogens is 2. The van der Waals surface area contributed by atoms with E-state index >= 15 is 0 Å². The van der Waals surface area contributed by atoms with E-state index in [9.17, 15) is 58.7 Å². The number of carboxylic acids is 1. The maximum Gasteiger partial charge on any atom is 1.00 e. The summed E-state index contributed by atoms with van der Waals surface area (Å²) in [6.07, 6.45) is -1.14. The summed E-state index contributed by atoms with van der Waals surface area (Å²) < 4.78 is 4.41. The number of aliphatic carboxylic acids is 1. The normalized spacial score (nSPS) is 9.35. The summed E-state index contributed by atoms with van der Waals surface area (Å²) in [7, 11) is 0. The number of halogens is 2. The average Bonchev–Trinajstić information content (AvgIpc) is 3.32. The van der Waals surface area contributed by atoms with Gasteiger partial charge in [0.05, 0.1) is 22.6 Å². The number of nitrogens with zero attached hydrogens (tertiary/aromatic N) is 2. The second-order valence-electron chi connectivity index (χ2n) is 15.9. The van der Waals surface area contributed by atoms with Gasteiger partial charge < -0.3 is 57.1 Å². The van der Waals surface area contributed by atoms with Gasteiger partial charge in [0.15, 0.2) is 0 Å². The molecule has 5 aromatic carbocycles. The molecule has 0 fully saturated rings. The zero-order chi connectivity index (χ0) is 59.2. The molecule has 0 radical (unpaired) electrons. The van der Waals surface area contributed by atoms with E-state index < -0.39 is 67.7 Å². The monoisotopic (exact) mass is 1160 g/mol. The first kappa shape index (κ1) is 73.4. The quantitative estimate of drug-likeness (QED) is 0.0160. The molecule has 7 rings (SSSR count). The van der Waals surface area contributed by atoms with Crippen LogP contribution in [0.15, 0.2) is 125 Å². The average molecular weight is 1160 g/mol. The van der Waals surface area contributed by atoms with Crippen molar-refractivity contribution < 1.29 is 99.1 Å². The number of aromatic hydroxyl groups is 2. The summed E-state index contributed by atoms with van der Waals surface area (Å²) in [6, 6.07) is 33.8. The van der Waals surface area contributed by atoms with Crippen molar-refractivity contribution >= 4 is 102 Å². The van der Waals surface area contributed by atoms with Crippen LogP contribution < -0.4 is 57.0 Å². The second kappa shape index (κ2) is 37.9. The molecule has 0 spiro atoms. The number of hydrogen-bond acceptors (Lipinski definition) is 17. The molecule has 2 aromatic heterocycles. The van der Waals surface area contributed by atoms with Crippen molar-refractivity contribution in [3.63, 3.8) is 0 Å². The molecule has 80 heavy (non-hydrogen) atoms. The van der Waals surface area contributed by atoms with E-state index in [1.165, 1.54) is 11.6 Å². The molecule has 0 atom stereocenters. The number of nitro groups is 1. The van der Waals surface area contributed by atoms with Crippen molar-refractivity contribution in [2.75, 3.05) is 23.0 Å². The van der Waals surface area contributed by atoms with Gasteiger partial charge >= 0.3 is 52.7 Å². The van der Waals surface area contributed by atoms with Gasteiger partial charge in [0.1, 0.15) is 25.0 Å². The van der Waals surface area contributed by atoms with Crippen molar-refractivity contribution in [1.82, 2.24) is 9.97 Å². The van der Waals surface area contributed by atoms with E-state index in [0.717, 1.165) is 27.9 Å². The van der Waals surface area contributed by atoms with Crippen LogP contribution in [0.5, 0.6) is 11.5 Å². The van der Waals surface area contributed by atoms with Crippen LogP contribution in [0, 0.1) is 54.8 Å². The number of carboxylic acid groups (broad SMARTS) is 1. The molecule has 0 aliphatic rings. The summed E-state index contributed by atoms with van der Waals surface area (Å²) in [5.41, 5.74) is 11.9. The molecule has 0 saturated carbocycles. The first-order chi connectivity index (χ1) is 36.5. The van der Waals surface area contributed by atoms with Gasteiger partial charge in [-0.3, -0.25) is 48.5 Å². The predicted octanol–water partition coefficient (Wildman–Crippen LogP) is 5.25. The van der Waals surface area contributed by atoms with Gasteiger partial charge in [0.2, 0.25) is 28.0 Å². The fraction of sp³-hybridized carbons (Fsp3) is 0.192. The van der Waals surface area contributed by atoms with Gasteiger partial charge in [-0.1, -0.05) is 76.3 Å². The van der Waals surface area contributed by atoms with E-state index in [1.807, 2.05) is 88.4 Å². The minimum atomic E-state index is -1.50. The fourth-order valence-corrected chi connectivity index (χ4v) is 5.97. The number of nitrogens with one attached hydrogen (secondary N) is 4. The molecule has 2 heterocycles. The Kier molecular flexibility index (Phi) is 34.8. The van der Waals surface area contributed by atoms with Crippen LogP contribution in [0.1, 0.15) is 54.0 Å². The standard InChI is InChI=1S/C10H10ClNO2.C10H8N2O4.C10H11NO3.C10H9NO2.C7H9N.C5H7ClO3.HNO3.Na.H2O/c1-7-2-4-8(5-3-7)12-10(14)6-9(11)13;1-5-2-3-7-6(4-5)9(13)8(12(15)16)10(14)11-7;1-7-2-4-8(5-3-7)11-9(12)6-10(13)14;1-6-2-3-8-7(4-6)9(12)5-10(13)11-8;1-6-2-4-7(8)5-3-6;1-2-9-5(8)3-4(6)7;2-1(3)4;;/h2-5H,6H2,1H3,(H,12,14);2-4H,1H3,(H2,11,13,14);2-5H,6H2,1H3,(H,11,12)(H,13,14);2-5H,1H3,(H2,11,12,13);2-5H,8H2,1H3;2-3H2,1H3;(H,2,3,4);;1H2/q;;;;;;;+1;/p-1. The molecule has 25 nitrogen and oxygen atoms in total. The van der Waals surface area contributed by atoms with Crippen LogP contribution in [-0.2, 0) is 33.5 Å². The van der Waals surface area contributed by atoms with E-state index in [0.29, 0.717) is 27.8 Å². The molecule has 0 unspecified atom stereocenters. The number of nitrogen functional groups attached to an aromatic ring is 1. The molecule has 422 valence electrons. The Morgan fingerprint density at radius 2 is 1.01 bits per heavy atom. The van der Waals surface area contributed by atoms with Gasteiger partial charge in [0.25, 0.3) is 10.6 Å². The summed E-state index contributed by atoms with van der Waals surface area (Å²) in [6.45, 7) is 11.6. The summed E-state index contributed by atoms with van der Waals surface area (Å²) in [5, 5.41) is 56.3. The van der Waals surface area contributed by atoms with Crippen LogP contribution in [0.2, 0.25) is 0 Å². The van der Waals surface area contributed by atoms with Crippen LogP contribution in [-0.4, -0.2) is 86.8 Å². The van der Waals surface area contributed by atoms with E-state index in [-0.39, 0.29) is 71.2 Å². The SMILES string of the molecule is CCOC(=O)CC(=O)Cl.Cc1ccc(N)cc1.Cc1ccc(NC(=O)CC(=O)Cl)cc1.Cc1ccc(NC(=O)CC(=O)O)cc1.Cc1ccc2[nH]c(=O)c([N+](=O)[O-])c(O)c2c1.Cc1ccc2[nH]c(=O)cc(O)c2c1.O=[N+]([O-])O.[Na+].[OH-]. The number of pyridine rings is 2. The number of nitrogens with two attached hydrogens (primary N) is 1. The minimum absolute atomic E-state index is 0. The number of fused-ring (bicyclic) bond motifs is 2. The first-order valence-corrected chi connectivity index (χ1v) is 23.2. The third kappa shape index (κ3) is 30.9. The Hall–Kier alpha value is -8.72. The van der Waals surface area contributed by atoms with Crippen molar-refractivity contribution in [1.29, 1.82) is 0 Å². The number of benzene rings is 5. The maximum atomic E-state index is 11.3. The minimum Gasteiger partial charge on any atom is -0.870 e. The maximum absolute atomic E-state index is 11.3. The molecule has 0 saturated heterocycles. The zero-order valence-electron chi connectivity index (χ0n) is 44.1. The molecule has 7 aromatic rings. The number of anilines is 3. The molecule has 2 amide bonds. The van der Waals surface area contributed by atoms with Gasteiger partial charge in [0, 0.05) is 33.9 Å². The van der Waals surface area contributed by atoms with Gasteiger partial charge in [-0.15, -0.1) is 10.1 Å². The molecule has 0 bridgehead atoms. The number of hydrogen-bond donors (Lipinski definition) is 9. The topological polar surface area (TPSA) is 425 Å². The van der Waals surface area contributed by atoms with Gasteiger partial charge in [-0.25, -0.2) is 0 Å². The fourth-order valence-electron chi connectivity index (χ4n) is 5.74. The molecular weight excluding hydrogens is 1100 g/mol. The largest absolute Gasteiger partial charge is 1.00 e. The third-order valence-corrected chi connectivity index (χ3v) is 9.49. The number of aromatic amines is 2. The van der Waals surface area contributed by atoms with E-state index in [1.54, 1.807) is 62.4 Å². The molecule has 11 N–H and O–H groups in total. The van der Waals surface area contributed by atoms with Crippen LogP contribution in [0.4, 0.5) is 22.7 Å². The molecule has 28 heteroatoms. The van der Waals surface area contributed by atoms with E-state index in [4.69, 9.17) is 49.4 Å². The number of aromatic nitrogens is 2. The molecule has 0 aliphatic carbocycles. The van der Waals surface area contributed by atoms with Crippen molar-refractivity contribution in [2.24, 2.45) is 0 Å². The predicted molar refractivity (Wildman–Crippen MR) is 294 cm³/mol.